The molecule has 0 unspecified atom stereocenters. The molecule has 7 nitrogen and oxygen atoms in total. The third-order valence-electron chi connectivity index (χ3n) is 6.80. The molecule has 3 atom stereocenters. The highest BCUT2D eigenvalue weighted by Gasteiger charge is 2.37. The molecule has 0 radical (unpaired) electrons. The lowest BCUT2D eigenvalue weighted by Crippen LogP contribution is -2.54. The Kier molecular flexibility index (Phi) is 4.61. The summed E-state index contributed by atoms with van der Waals surface area (Å²) in [6.07, 6.45) is 4.39. The lowest BCUT2D eigenvalue weighted by molar-refractivity contribution is -0.0465. The van der Waals surface area contributed by atoms with Gasteiger partial charge in [-0.15, -0.1) is 0 Å². The predicted molar refractivity (Wildman–Crippen MR) is 120 cm³/mol. The molecule has 2 aromatic heterocycles. The van der Waals surface area contributed by atoms with Gasteiger partial charge in [-0.05, 0) is 50.3 Å². The van der Waals surface area contributed by atoms with Crippen molar-refractivity contribution in [2.24, 2.45) is 0 Å². The quantitative estimate of drug-likeness (QED) is 0.670. The van der Waals surface area contributed by atoms with Crippen LogP contribution in [-0.4, -0.2) is 58.3 Å². The van der Waals surface area contributed by atoms with Crippen molar-refractivity contribution in [3.63, 3.8) is 0 Å². The van der Waals surface area contributed by atoms with Crippen LogP contribution in [-0.2, 0) is 4.74 Å². The molecule has 1 aromatic carbocycles. The Labute approximate surface area is 182 Å². The highest BCUT2D eigenvalue weighted by molar-refractivity contribution is 5.88. The fourth-order valence-electron chi connectivity index (χ4n) is 4.98. The topological polar surface area (TPSA) is 75.3 Å². The number of fused-ring (bicyclic) bond motifs is 2. The molecule has 2 fully saturated rings. The van der Waals surface area contributed by atoms with Crippen molar-refractivity contribution in [2.75, 3.05) is 31.6 Å². The lowest BCUT2D eigenvalue weighted by atomic mass is 9.93. The van der Waals surface area contributed by atoms with Crippen LogP contribution in [0.25, 0.3) is 11.0 Å². The van der Waals surface area contributed by atoms with Crippen molar-refractivity contribution in [1.82, 2.24) is 19.9 Å². The number of H-pyrrole nitrogens is 1. The number of anilines is 1. The predicted octanol–water partition coefficient (Wildman–Crippen LogP) is 3.78. The van der Waals surface area contributed by atoms with E-state index in [2.05, 4.69) is 63.3 Å². The summed E-state index contributed by atoms with van der Waals surface area (Å²) in [6.45, 7) is 7.47. The van der Waals surface area contributed by atoms with E-state index in [4.69, 9.17) is 9.47 Å². The van der Waals surface area contributed by atoms with Crippen LogP contribution in [0.4, 0.5) is 5.82 Å². The van der Waals surface area contributed by atoms with E-state index in [1.54, 1.807) is 6.33 Å². The maximum Gasteiger partial charge on any atom is 0.143 e. The number of aromatic amines is 1. The van der Waals surface area contributed by atoms with E-state index >= 15 is 0 Å². The van der Waals surface area contributed by atoms with E-state index in [0.29, 0.717) is 12.5 Å². The Hall–Kier alpha value is -2.64. The summed E-state index contributed by atoms with van der Waals surface area (Å²) in [5, 5.41) is 4.87. The van der Waals surface area contributed by atoms with Gasteiger partial charge in [-0.1, -0.05) is 12.1 Å². The van der Waals surface area contributed by atoms with Gasteiger partial charge in [0.05, 0.1) is 30.2 Å². The zero-order valence-corrected chi connectivity index (χ0v) is 18.1. The van der Waals surface area contributed by atoms with Crippen molar-refractivity contribution < 1.29 is 9.47 Å². The van der Waals surface area contributed by atoms with Crippen molar-refractivity contribution in [3.05, 3.63) is 47.4 Å². The summed E-state index contributed by atoms with van der Waals surface area (Å²) >= 11 is 0. The molecule has 2 aliphatic heterocycles. The van der Waals surface area contributed by atoms with Gasteiger partial charge in [0.15, 0.2) is 0 Å². The number of hydrogen-bond acceptors (Lipinski definition) is 6. The van der Waals surface area contributed by atoms with Gasteiger partial charge in [0.25, 0.3) is 0 Å². The van der Waals surface area contributed by atoms with Crippen LogP contribution in [0.15, 0.2) is 30.6 Å². The number of aryl methyl sites for hydroxylation is 1. The molecule has 3 aromatic rings. The number of rotatable bonds is 4. The summed E-state index contributed by atoms with van der Waals surface area (Å²) in [5.41, 5.74) is 4.58. The van der Waals surface area contributed by atoms with Gasteiger partial charge in [-0.2, -0.15) is 0 Å². The second kappa shape index (κ2) is 7.50. The molecular formula is C24H29N5O2. The van der Waals surface area contributed by atoms with Gasteiger partial charge in [0, 0.05) is 24.3 Å². The summed E-state index contributed by atoms with van der Waals surface area (Å²) in [7, 11) is 0. The first kappa shape index (κ1) is 19.1. The Morgan fingerprint density at radius 1 is 1.19 bits per heavy atom. The second-order valence-electron chi connectivity index (χ2n) is 9.20. The molecule has 2 N–H and O–H groups in total. The van der Waals surface area contributed by atoms with Crippen LogP contribution < -0.4 is 10.1 Å². The molecule has 7 heteroatoms. The summed E-state index contributed by atoms with van der Waals surface area (Å²) in [4.78, 5) is 15.1. The summed E-state index contributed by atoms with van der Waals surface area (Å²) < 4.78 is 12.0. The normalized spacial score (nSPS) is 26.5. The molecule has 0 spiro atoms. The van der Waals surface area contributed by atoms with E-state index in [0.717, 1.165) is 42.3 Å². The molecular weight excluding hydrogens is 390 g/mol. The van der Waals surface area contributed by atoms with Crippen molar-refractivity contribution >= 4 is 16.9 Å². The van der Waals surface area contributed by atoms with Gasteiger partial charge >= 0.3 is 0 Å². The molecule has 31 heavy (non-hydrogen) atoms. The minimum absolute atomic E-state index is 0.0759. The van der Waals surface area contributed by atoms with E-state index in [1.165, 1.54) is 29.7 Å². The molecule has 1 saturated carbocycles. The van der Waals surface area contributed by atoms with Gasteiger partial charge in [-0.25, -0.2) is 9.97 Å². The van der Waals surface area contributed by atoms with Crippen LogP contribution in [0.2, 0.25) is 0 Å². The molecule has 4 heterocycles. The second-order valence-corrected chi connectivity index (χ2v) is 9.20. The van der Waals surface area contributed by atoms with Crippen LogP contribution in [0.3, 0.4) is 0 Å². The SMILES string of the molecule is Cc1ccc2c(c1)OC[C@H](N1CCO[C@@H](C)C1)[C@H]2Nc1ncnc2[nH]c(C3CC3)cc12. The van der Waals surface area contributed by atoms with Gasteiger partial charge in [-0.3, -0.25) is 4.90 Å². The number of morpholine rings is 1. The standard InChI is InChI=1S/C24H29N5O2/c1-14-3-6-17-21(9-14)31-12-20(29-7-8-30-15(2)11-29)22(17)28-24-18-10-19(16-4-5-16)27-23(18)25-13-26-24/h3,6,9-10,13,15-16,20,22H,4-5,7-8,11-12H2,1-2H3,(H2,25,26,27,28)/t15-,20-,22-/m0/s1. The molecule has 0 bridgehead atoms. The van der Waals surface area contributed by atoms with Crippen molar-refractivity contribution in [1.29, 1.82) is 0 Å². The van der Waals surface area contributed by atoms with Gasteiger partial charge in [0.1, 0.15) is 30.1 Å². The van der Waals surface area contributed by atoms with Crippen LogP contribution in [0.1, 0.15) is 48.5 Å². The zero-order valence-electron chi connectivity index (χ0n) is 18.1. The van der Waals surface area contributed by atoms with E-state index < -0.39 is 0 Å². The Morgan fingerprint density at radius 3 is 2.94 bits per heavy atom. The molecule has 162 valence electrons. The first-order valence-electron chi connectivity index (χ1n) is 11.3. The minimum Gasteiger partial charge on any atom is -0.491 e. The maximum absolute atomic E-state index is 6.24. The smallest absolute Gasteiger partial charge is 0.143 e. The average Bonchev–Trinajstić information content (AvgIpc) is 3.52. The monoisotopic (exact) mass is 419 g/mol. The lowest BCUT2D eigenvalue weighted by Gasteiger charge is -2.43. The fourth-order valence-corrected chi connectivity index (χ4v) is 4.98. The number of nitrogens with zero attached hydrogens (tertiary/aromatic N) is 3. The summed E-state index contributed by atoms with van der Waals surface area (Å²) in [5.74, 6) is 2.50. The molecule has 3 aliphatic rings. The first-order valence-corrected chi connectivity index (χ1v) is 11.3. The zero-order chi connectivity index (χ0) is 20.9. The first-order chi connectivity index (χ1) is 15.2. The molecule has 6 rings (SSSR count). The van der Waals surface area contributed by atoms with Gasteiger partial charge in [0.2, 0.25) is 0 Å². The largest absolute Gasteiger partial charge is 0.491 e. The third-order valence-corrected chi connectivity index (χ3v) is 6.80. The average molecular weight is 420 g/mol. The molecule has 1 aliphatic carbocycles. The fraction of sp³-hybridized carbons (Fsp3) is 0.500. The van der Waals surface area contributed by atoms with Crippen LogP contribution in [0, 0.1) is 6.92 Å². The van der Waals surface area contributed by atoms with Crippen molar-refractivity contribution in [3.8, 4) is 5.75 Å². The highest BCUT2D eigenvalue weighted by Crippen LogP contribution is 2.42. The molecule has 0 amide bonds. The highest BCUT2D eigenvalue weighted by atomic mass is 16.5. The number of nitrogens with one attached hydrogen (secondary N) is 2. The third kappa shape index (κ3) is 3.55. The summed E-state index contributed by atoms with van der Waals surface area (Å²) in [6, 6.07) is 9.01. The number of hydrogen-bond donors (Lipinski definition) is 2. The Balaban J connectivity index is 1.39. The van der Waals surface area contributed by atoms with E-state index in [-0.39, 0.29) is 18.2 Å². The number of aromatic nitrogens is 3. The number of benzene rings is 1. The van der Waals surface area contributed by atoms with Crippen molar-refractivity contribution in [2.45, 2.75) is 50.8 Å². The Bertz CT molecular complexity index is 1110. The number of ether oxygens (including phenoxy) is 2. The molecule has 1 saturated heterocycles. The van der Waals surface area contributed by atoms with Crippen LogP contribution >= 0.6 is 0 Å². The maximum atomic E-state index is 6.24. The Morgan fingerprint density at radius 2 is 2.10 bits per heavy atom. The minimum atomic E-state index is 0.0759. The van der Waals surface area contributed by atoms with E-state index in [1.807, 2.05) is 0 Å². The van der Waals surface area contributed by atoms with Gasteiger partial charge < -0.3 is 19.8 Å². The van der Waals surface area contributed by atoms with E-state index in [9.17, 15) is 0 Å². The van der Waals surface area contributed by atoms with Crippen LogP contribution in [0.5, 0.6) is 5.75 Å².